The zero-order chi connectivity index (χ0) is 73.5. The molecule has 0 spiro atoms. The van der Waals surface area contributed by atoms with Gasteiger partial charge in [0.05, 0.1) is 50.8 Å². The van der Waals surface area contributed by atoms with E-state index in [1.165, 1.54) is 173 Å². The summed E-state index contributed by atoms with van der Waals surface area (Å²) >= 11 is 0. The quantitative estimate of drug-likeness (QED) is 0.0212. The van der Waals surface area contributed by atoms with Crippen LogP contribution in [0.15, 0.2) is 121 Å². The van der Waals surface area contributed by atoms with Crippen LogP contribution in [0.2, 0.25) is 0 Å². The molecule has 6 aromatic rings. The van der Waals surface area contributed by atoms with Crippen LogP contribution in [-0.4, -0.2) is 44.1 Å². The molecule has 566 valence electrons. The van der Waals surface area contributed by atoms with Gasteiger partial charge in [0.15, 0.2) is 29.2 Å². The van der Waals surface area contributed by atoms with Crippen LogP contribution in [0.1, 0.15) is 301 Å². The van der Waals surface area contributed by atoms with Crippen LogP contribution in [-0.2, 0) is 27.4 Å². The lowest BCUT2D eigenvalue weighted by molar-refractivity contribution is 0.00609. The van der Waals surface area contributed by atoms with E-state index < -0.39 is 35.3 Å². The zero-order valence-electron chi connectivity index (χ0n) is 63.9. The lowest BCUT2D eigenvalue weighted by Gasteiger charge is -2.28. The summed E-state index contributed by atoms with van der Waals surface area (Å²) in [7, 11) is 0. The van der Waals surface area contributed by atoms with Crippen molar-refractivity contribution in [1.29, 1.82) is 5.26 Å². The Hall–Kier alpha value is -6.68. The summed E-state index contributed by atoms with van der Waals surface area (Å²) in [6, 6.07) is 38.6. The molecule has 0 radical (unpaired) electrons. The van der Waals surface area contributed by atoms with E-state index in [4.69, 9.17) is 33.7 Å². The highest BCUT2D eigenvalue weighted by atomic mass is 19.2. The van der Waals surface area contributed by atoms with E-state index >= 15 is 0 Å². The predicted octanol–water partition coefficient (Wildman–Crippen LogP) is 27.4. The Labute approximate surface area is 619 Å². The molecule has 0 amide bonds. The van der Waals surface area contributed by atoms with Gasteiger partial charge in [-0.3, -0.25) is 0 Å². The van der Waals surface area contributed by atoms with Gasteiger partial charge in [-0.15, -0.1) is 0 Å². The van der Waals surface area contributed by atoms with Crippen LogP contribution in [0.3, 0.4) is 0 Å². The molecule has 1 atom stereocenters. The fourth-order valence-electron chi connectivity index (χ4n) is 13.8. The summed E-state index contributed by atoms with van der Waals surface area (Å²) < 4.78 is 93.3. The standard InChI is InChI=1S/C34H50F2O2.C32H46F2O2.C25H31NO3/c1-3-5-7-8-9-10-11-13-25-37-32-24-23-31(33(35)34(32)36)29-19-15-28(16-20-29)26-38-30-21-17-27(18-22-30)14-12-6-4-2;1-3-5-7-8-9-11-23-35-30-22-21-29(31(33)32(30)34)27-17-13-26(14-18-27)24-36-28-19-15-25(16-20-28)12-10-6-4-2;1-3-4-5-6-7-8-9-18-28-24-16-14-22(15-17-24)21-10-12-23(13-11-21)25(27)29-20(2)19-26/h15-16,19-20,23-24,27,30H,3-14,17-18,21-22,25-26H2,1-2H3;13-14,17-18,21-22,25,28H,3-12,15-16,19-20,23-24H2,1-2H3;10-17,20H,3-9,18H2,1-2H3. The van der Waals surface area contributed by atoms with Crippen molar-refractivity contribution in [2.45, 2.75) is 311 Å². The molecule has 0 saturated heterocycles. The lowest BCUT2D eigenvalue weighted by atomic mass is 9.84. The predicted molar refractivity (Wildman–Crippen MR) is 416 cm³/mol. The summed E-state index contributed by atoms with van der Waals surface area (Å²) in [4.78, 5) is 11.9. The summed E-state index contributed by atoms with van der Waals surface area (Å²) in [6.07, 6.45) is 45.5. The maximum Gasteiger partial charge on any atom is 0.339 e. The van der Waals surface area contributed by atoms with Gasteiger partial charge in [0.25, 0.3) is 0 Å². The number of benzene rings is 6. The molecule has 0 N–H and O–H groups in total. The van der Waals surface area contributed by atoms with E-state index in [9.17, 15) is 22.4 Å². The highest BCUT2D eigenvalue weighted by Crippen LogP contribution is 2.36. The molecular weight excluding hydrogens is 1290 g/mol. The molecule has 8 nitrogen and oxygen atoms in total. The van der Waals surface area contributed by atoms with Gasteiger partial charge in [0.2, 0.25) is 11.6 Å². The van der Waals surface area contributed by atoms with Crippen LogP contribution in [0.25, 0.3) is 33.4 Å². The summed E-state index contributed by atoms with van der Waals surface area (Å²) in [5, 5.41) is 8.73. The van der Waals surface area contributed by atoms with E-state index in [1.807, 2.05) is 91.0 Å². The number of carbonyl (C=O) groups excluding carboxylic acids is 1. The van der Waals surface area contributed by atoms with Crippen molar-refractivity contribution in [2.75, 3.05) is 19.8 Å². The van der Waals surface area contributed by atoms with Crippen LogP contribution < -0.4 is 14.2 Å². The number of ether oxygens (including phenoxy) is 6. The first-order chi connectivity index (χ1) is 50.4. The molecule has 2 aliphatic carbocycles. The molecule has 0 aliphatic heterocycles. The lowest BCUT2D eigenvalue weighted by Crippen LogP contribution is -2.21. The third-order valence-corrected chi connectivity index (χ3v) is 20.4. The number of unbranched alkanes of at least 4 members (excludes halogenated alkanes) is 22. The van der Waals surface area contributed by atoms with Crippen molar-refractivity contribution in [3.63, 3.8) is 0 Å². The zero-order valence-corrected chi connectivity index (χ0v) is 63.9. The second-order valence-corrected chi connectivity index (χ2v) is 29.0. The summed E-state index contributed by atoms with van der Waals surface area (Å²) in [5.74, 6) is -1.38. The average molecular weight is 1420 g/mol. The van der Waals surface area contributed by atoms with Gasteiger partial charge in [0.1, 0.15) is 11.8 Å². The highest BCUT2D eigenvalue weighted by Gasteiger charge is 2.24. The Kier molecular flexibility index (Phi) is 42.6. The summed E-state index contributed by atoms with van der Waals surface area (Å²) in [6.45, 7) is 15.4. The molecule has 2 saturated carbocycles. The molecule has 8 rings (SSSR count). The molecule has 1 unspecified atom stereocenters. The van der Waals surface area contributed by atoms with Crippen LogP contribution in [0, 0.1) is 46.4 Å². The fraction of sp³-hybridized carbons (Fsp3) is 0.582. The Morgan fingerprint density at radius 2 is 0.718 bits per heavy atom. The van der Waals surface area contributed by atoms with Crippen LogP contribution in [0.5, 0.6) is 17.2 Å². The SMILES string of the molecule is CCCCCCCCCCOc1ccc(-c2ccc(COC3CCC(CCCCC)CC3)cc2)c(F)c1F.CCCCCCCCCOc1ccc(-c2ccc(C(=O)OC(C)C#N)cc2)cc1.CCCCCCCCOc1ccc(-c2ccc(COC3CCC(CCCCC)CC3)cc2)c(F)c1F. The molecule has 0 bridgehead atoms. The maximum atomic E-state index is 14.9. The van der Waals surface area contributed by atoms with Gasteiger partial charge in [-0.05, 0) is 171 Å². The first-order valence-corrected chi connectivity index (χ1v) is 40.4. The number of hydrogen-bond acceptors (Lipinski definition) is 8. The Morgan fingerprint density at radius 1 is 0.388 bits per heavy atom. The van der Waals surface area contributed by atoms with Gasteiger partial charge in [-0.25, -0.2) is 13.6 Å². The van der Waals surface area contributed by atoms with E-state index in [1.54, 1.807) is 43.3 Å². The molecule has 0 heterocycles. The second-order valence-electron chi connectivity index (χ2n) is 29.0. The van der Waals surface area contributed by atoms with Gasteiger partial charge in [-0.1, -0.05) is 274 Å². The first-order valence-electron chi connectivity index (χ1n) is 40.4. The number of nitriles is 1. The van der Waals surface area contributed by atoms with Gasteiger partial charge in [0, 0.05) is 11.1 Å². The minimum absolute atomic E-state index is 0.000648. The Morgan fingerprint density at radius 3 is 1.09 bits per heavy atom. The minimum Gasteiger partial charge on any atom is -0.494 e. The molecule has 0 aromatic heterocycles. The number of esters is 1. The van der Waals surface area contributed by atoms with Crippen LogP contribution >= 0.6 is 0 Å². The maximum absolute atomic E-state index is 14.9. The van der Waals surface area contributed by atoms with Crippen molar-refractivity contribution >= 4 is 5.97 Å². The van der Waals surface area contributed by atoms with Crippen molar-refractivity contribution in [3.8, 4) is 56.7 Å². The molecular formula is C91H127F4NO7. The molecule has 103 heavy (non-hydrogen) atoms. The van der Waals surface area contributed by atoms with E-state index in [-0.39, 0.29) is 22.6 Å². The highest BCUT2D eigenvalue weighted by molar-refractivity contribution is 5.90. The first kappa shape index (κ1) is 85.2. The van der Waals surface area contributed by atoms with Crippen molar-refractivity contribution in [1.82, 2.24) is 0 Å². The van der Waals surface area contributed by atoms with Crippen LogP contribution in [0.4, 0.5) is 17.6 Å². The number of halogens is 4. The van der Waals surface area contributed by atoms with Gasteiger partial charge in [-0.2, -0.15) is 14.0 Å². The van der Waals surface area contributed by atoms with E-state index in [0.717, 1.165) is 111 Å². The van der Waals surface area contributed by atoms with Gasteiger partial charge < -0.3 is 28.4 Å². The Bertz CT molecular complexity index is 3240. The normalized spacial score (nSPS) is 16.0. The van der Waals surface area contributed by atoms with E-state index in [0.29, 0.717) is 55.3 Å². The van der Waals surface area contributed by atoms with Crippen molar-refractivity contribution in [2.24, 2.45) is 11.8 Å². The monoisotopic (exact) mass is 1420 g/mol. The number of hydrogen-bond donors (Lipinski definition) is 0. The fourth-order valence-corrected chi connectivity index (χ4v) is 13.8. The Balaban J connectivity index is 0.000000245. The molecule has 2 aliphatic rings. The van der Waals surface area contributed by atoms with Gasteiger partial charge >= 0.3 is 5.97 Å². The third kappa shape index (κ3) is 32.7. The smallest absolute Gasteiger partial charge is 0.339 e. The van der Waals surface area contributed by atoms with E-state index in [2.05, 4.69) is 34.6 Å². The molecule has 12 heteroatoms. The average Bonchev–Trinajstić information content (AvgIpc) is 0.819. The minimum atomic E-state index is -0.906. The largest absolute Gasteiger partial charge is 0.494 e. The second kappa shape index (κ2) is 51.5. The number of rotatable bonds is 46. The van der Waals surface area contributed by atoms with Crippen molar-refractivity contribution in [3.05, 3.63) is 161 Å². The number of carbonyl (C=O) groups is 1. The topological polar surface area (TPSA) is 96.2 Å². The molecule has 6 aromatic carbocycles. The number of nitrogens with zero attached hydrogens (tertiary/aromatic N) is 1. The van der Waals surface area contributed by atoms with Crippen molar-refractivity contribution < 1.29 is 50.8 Å². The molecule has 2 fully saturated rings. The third-order valence-electron chi connectivity index (χ3n) is 20.4. The summed E-state index contributed by atoms with van der Waals surface area (Å²) in [5.41, 5.74) is 6.45.